The summed E-state index contributed by atoms with van der Waals surface area (Å²) in [5, 5.41) is 1.04. The lowest BCUT2D eigenvalue weighted by Crippen LogP contribution is -1.91. The van der Waals surface area contributed by atoms with Gasteiger partial charge in [0.15, 0.2) is 6.29 Å². The van der Waals surface area contributed by atoms with E-state index in [1.807, 2.05) is 0 Å². The van der Waals surface area contributed by atoms with Crippen LogP contribution >= 0.6 is 27.3 Å². The molecule has 1 heterocycles. The molecule has 70 valence electrons. The van der Waals surface area contributed by atoms with Gasteiger partial charge in [-0.25, -0.2) is 4.98 Å². The van der Waals surface area contributed by atoms with Crippen molar-refractivity contribution < 1.29 is 4.79 Å². The van der Waals surface area contributed by atoms with Crippen LogP contribution in [0, 0.1) is 11.8 Å². The zero-order chi connectivity index (χ0) is 9.42. The van der Waals surface area contributed by atoms with E-state index in [-0.39, 0.29) is 0 Å². The lowest BCUT2D eigenvalue weighted by Gasteiger charge is -2.02. The molecule has 1 aromatic rings. The summed E-state index contributed by atoms with van der Waals surface area (Å²) in [6.07, 6.45) is 3.78. The number of alkyl halides is 1. The van der Waals surface area contributed by atoms with Crippen LogP contribution in [0.4, 0.5) is 0 Å². The maximum absolute atomic E-state index is 10.4. The monoisotopic (exact) mass is 259 g/mol. The summed E-state index contributed by atoms with van der Waals surface area (Å²) in [5.41, 5.74) is 0. The molecule has 0 N–H and O–H groups in total. The van der Waals surface area contributed by atoms with Crippen molar-refractivity contribution in [3.8, 4) is 0 Å². The smallest absolute Gasteiger partial charge is 0.161 e. The maximum atomic E-state index is 10.4. The van der Waals surface area contributed by atoms with Crippen LogP contribution in [0.3, 0.4) is 0 Å². The molecule has 0 radical (unpaired) electrons. The van der Waals surface area contributed by atoms with Crippen molar-refractivity contribution in [2.45, 2.75) is 18.2 Å². The summed E-state index contributed by atoms with van der Waals surface area (Å²) in [5.74, 6) is 1.51. The van der Waals surface area contributed by atoms with E-state index in [0.29, 0.717) is 15.6 Å². The molecule has 2 rings (SSSR count). The fourth-order valence-corrected chi connectivity index (χ4v) is 3.35. The number of hydrogen-bond acceptors (Lipinski definition) is 3. The molecule has 0 amide bonds. The molecule has 1 aliphatic carbocycles. The SMILES string of the molecule is CC1CC1C(Br)c1ncc(C=O)s1. The lowest BCUT2D eigenvalue weighted by atomic mass is 10.2. The molecule has 3 atom stereocenters. The Bertz CT molecular complexity index is 325. The van der Waals surface area contributed by atoms with Gasteiger partial charge >= 0.3 is 0 Å². The number of hydrogen-bond donors (Lipinski definition) is 0. The van der Waals surface area contributed by atoms with Gasteiger partial charge in [-0.05, 0) is 18.3 Å². The maximum Gasteiger partial charge on any atom is 0.161 e. The summed E-state index contributed by atoms with van der Waals surface area (Å²) < 4.78 is 0. The first-order valence-corrected chi connectivity index (χ1v) is 6.00. The summed E-state index contributed by atoms with van der Waals surface area (Å²) in [7, 11) is 0. The molecule has 0 bridgehead atoms. The van der Waals surface area contributed by atoms with Crippen molar-refractivity contribution in [3.05, 3.63) is 16.1 Å². The third-order valence-corrected chi connectivity index (χ3v) is 4.86. The van der Waals surface area contributed by atoms with Crippen LogP contribution < -0.4 is 0 Å². The second-order valence-electron chi connectivity index (χ2n) is 3.50. The zero-order valence-electron chi connectivity index (χ0n) is 7.24. The summed E-state index contributed by atoms with van der Waals surface area (Å²) in [4.78, 5) is 15.7. The van der Waals surface area contributed by atoms with Crippen molar-refractivity contribution in [3.63, 3.8) is 0 Å². The molecule has 1 saturated carbocycles. The minimum absolute atomic E-state index is 0.348. The van der Waals surface area contributed by atoms with E-state index in [0.717, 1.165) is 17.2 Å². The number of nitrogens with zero attached hydrogens (tertiary/aromatic N) is 1. The van der Waals surface area contributed by atoms with Crippen molar-refractivity contribution in [1.82, 2.24) is 4.98 Å². The highest BCUT2D eigenvalue weighted by Gasteiger charge is 2.40. The van der Waals surface area contributed by atoms with Gasteiger partial charge in [-0.2, -0.15) is 0 Å². The molecular formula is C9H10BrNOS. The fraction of sp³-hybridized carbons (Fsp3) is 0.556. The predicted molar refractivity (Wildman–Crippen MR) is 56.4 cm³/mol. The van der Waals surface area contributed by atoms with Crippen molar-refractivity contribution >= 4 is 33.6 Å². The van der Waals surface area contributed by atoms with Crippen molar-refractivity contribution in [2.24, 2.45) is 11.8 Å². The molecule has 0 aromatic carbocycles. The molecule has 1 fully saturated rings. The largest absolute Gasteiger partial charge is 0.297 e. The number of aromatic nitrogens is 1. The second-order valence-corrected chi connectivity index (χ2v) is 5.58. The summed E-state index contributed by atoms with van der Waals surface area (Å²) in [6, 6.07) is 0. The van der Waals surface area contributed by atoms with Gasteiger partial charge in [-0.3, -0.25) is 4.79 Å². The van der Waals surface area contributed by atoms with Crippen LogP contribution in [-0.4, -0.2) is 11.3 Å². The van der Waals surface area contributed by atoms with Crippen LogP contribution in [0.5, 0.6) is 0 Å². The third-order valence-electron chi connectivity index (χ3n) is 2.44. The molecule has 0 spiro atoms. The highest BCUT2D eigenvalue weighted by atomic mass is 79.9. The van der Waals surface area contributed by atoms with Gasteiger partial charge in [0.2, 0.25) is 0 Å². The van der Waals surface area contributed by atoms with E-state index < -0.39 is 0 Å². The number of rotatable bonds is 3. The van der Waals surface area contributed by atoms with Crippen molar-refractivity contribution in [2.75, 3.05) is 0 Å². The van der Waals surface area contributed by atoms with Crippen LogP contribution in [0.15, 0.2) is 6.20 Å². The van der Waals surface area contributed by atoms with E-state index in [1.54, 1.807) is 6.20 Å². The quantitative estimate of drug-likeness (QED) is 0.617. The standard InChI is InChI=1S/C9H10BrNOS/c1-5-2-7(5)8(10)9-11-3-6(4-12)13-9/h3-5,7-8H,2H2,1H3. The van der Waals surface area contributed by atoms with Gasteiger partial charge < -0.3 is 0 Å². The van der Waals surface area contributed by atoms with E-state index in [4.69, 9.17) is 0 Å². The molecule has 1 aromatic heterocycles. The number of aldehydes is 1. The Hall–Kier alpha value is -0.220. The number of thiazole rings is 1. The Kier molecular flexibility index (Phi) is 2.51. The molecule has 0 saturated heterocycles. The number of carbonyl (C=O) groups is 1. The van der Waals surface area contributed by atoms with Gasteiger partial charge in [-0.15, -0.1) is 11.3 Å². The first-order chi connectivity index (χ1) is 6.22. The third kappa shape index (κ3) is 1.83. The van der Waals surface area contributed by atoms with Crippen LogP contribution in [0.2, 0.25) is 0 Å². The highest BCUT2D eigenvalue weighted by molar-refractivity contribution is 9.09. The van der Waals surface area contributed by atoms with Gasteiger partial charge in [0.1, 0.15) is 5.01 Å². The van der Waals surface area contributed by atoms with Gasteiger partial charge in [0.05, 0.1) is 9.70 Å². The minimum Gasteiger partial charge on any atom is -0.297 e. The number of carbonyl (C=O) groups excluding carboxylic acids is 1. The Labute approximate surface area is 89.5 Å². The lowest BCUT2D eigenvalue weighted by molar-refractivity contribution is 0.112. The summed E-state index contributed by atoms with van der Waals surface area (Å²) >= 11 is 5.11. The fourth-order valence-electron chi connectivity index (χ4n) is 1.42. The molecule has 3 unspecified atom stereocenters. The molecule has 1 aliphatic rings. The molecule has 13 heavy (non-hydrogen) atoms. The topological polar surface area (TPSA) is 30.0 Å². The van der Waals surface area contributed by atoms with E-state index in [1.165, 1.54) is 17.8 Å². The molecular weight excluding hydrogens is 250 g/mol. The summed E-state index contributed by atoms with van der Waals surface area (Å²) in [6.45, 7) is 2.24. The van der Waals surface area contributed by atoms with Crippen molar-refractivity contribution in [1.29, 1.82) is 0 Å². The Morgan fingerprint density at radius 2 is 2.54 bits per heavy atom. The Balaban J connectivity index is 2.11. The van der Waals surface area contributed by atoms with E-state index >= 15 is 0 Å². The average Bonchev–Trinajstić information content (AvgIpc) is 2.70. The molecule has 2 nitrogen and oxygen atoms in total. The van der Waals surface area contributed by atoms with E-state index in [2.05, 4.69) is 27.8 Å². The second kappa shape index (κ2) is 3.50. The Morgan fingerprint density at radius 1 is 1.85 bits per heavy atom. The van der Waals surface area contributed by atoms with E-state index in [9.17, 15) is 4.79 Å². The zero-order valence-corrected chi connectivity index (χ0v) is 9.64. The van der Waals surface area contributed by atoms with Gasteiger partial charge in [0.25, 0.3) is 0 Å². The normalized spacial score (nSPS) is 28.5. The van der Waals surface area contributed by atoms with Crippen LogP contribution in [-0.2, 0) is 0 Å². The Morgan fingerprint density at radius 3 is 3.00 bits per heavy atom. The van der Waals surface area contributed by atoms with Crippen LogP contribution in [0.25, 0.3) is 0 Å². The molecule has 0 aliphatic heterocycles. The number of halogens is 1. The first kappa shape index (κ1) is 9.34. The minimum atomic E-state index is 0.348. The molecule has 4 heteroatoms. The average molecular weight is 260 g/mol. The van der Waals surface area contributed by atoms with Crippen LogP contribution in [0.1, 0.15) is 32.9 Å². The first-order valence-electron chi connectivity index (χ1n) is 4.27. The van der Waals surface area contributed by atoms with Gasteiger partial charge in [0, 0.05) is 6.20 Å². The van der Waals surface area contributed by atoms with Gasteiger partial charge in [-0.1, -0.05) is 22.9 Å². The predicted octanol–water partition coefficient (Wildman–Crippen LogP) is 3.05. The highest BCUT2D eigenvalue weighted by Crippen LogP contribution is 2.51.